The lowest BCUT2D eigenvalue weighted by atomic mass is 10.1. The Labute approximate surface area is 118 Å². The van der Waals surface area contributed by atoms with Crippen LogP contribution in [0.3, 0.4) is 0 Å². The average Bonchev–Trinajstić information content (AvgIpc) is 2.72. The SMILES string of the molecule is N/C(=N/O)c1cc(F)cc(COC2CCCCCC2)c1. The van der Waals surface area contributed by atoms with E-state index >= 15 is 0 Å². The number of halogens is 1. The van der Waals surface area contributed by atoms with Crippen LogP contribution in [0.25, 0.3) is 0 Å². The number of oxime groups is 1. The van der Waals surface area contributed by atoms with Crippen LogP contribution in [0.5, 0.6) is 0 Å². The van der Waals surface area contributed by atoms with Crippen LogP contribution in [0.1, 0.15) is 49.7 Å². The number of nitrogens with two attached hydrogens (primary N) is 1. The van der Waals surface area contributed by atoms with Gasteiger partial charge in [0.1, 0.15) is 5.82 Å². The van der Waals surface area contributed by atoms with Gasteiger partial charge < -0.3 is 15.7 Å². The van der Waals surface area contributed by atoms with Crippen LogP contribution in [0.15, 0.2) is 23.4 Å². The topological polar surface area (TPSA) is 67.8 Å². The Morgan fingerprint density at radius 1 is 1.25 bits per heavy atom. The van der Waals surface area contributed by atoms with E-state index in [1.165, 1.54) is 37.8 Å². The molecule has 0 aromatic heterocycles. The van der Waals surface area contributed by atoms with Crippen molar-refractivity contribution in [3.05, 3.63) is 35.1 Å². The number of amidine groups is 1. The van der Waals surface area contributed by atoms with Crippen molar-refractivity contribution in [2.24, 2.45) is 10.9 Å². The Kier molecular flexibility index (Phi) is 5.35. The molecule has 0 saturated heterocycles. The molecule has 1 aliphatic carbocycles. The van der Waals surface area contributed by atoms with Crippen molar-refractivity contribution in [1.82, 2.24) is 0 Å². The van der Waals surface area contributed by atoms with Crippen molar-refractivity contribution >= 4 is 5.84 Å². The Hall–Kier alpha value is -1.62. The maximum absolute atomic E-state index is 13.5. The van der Waals surface area contributed by atoms with Crippen molar-refractivity contribution in [3.63, 3.8) is 0 Å². The molecular weight excluding hydrogens is 259 g/mol. The number of rotatable bonds is 4. The highest BCUT2D eigenvalue weighted by atomic mass is 19.1. The zero-order chi connectivity index (χ0) is 14.4. The van der Waals surface area contributed by atoms with E-state index in [0.717, 1.165) is 12.8 Å². The number of ether oxygens (including phenoxy) is 1. The van der Waals surface area contributed by atoms with Gasteiger partial charge in [0.25, 0.3) is 0 Å². The largest absolute Gasteiger partial charge is 0.409 e. The number of benzene rings is 1. The number of nitrogens with zero attached hydrogens (tertiary/aromatic N) is 1. The van der Waals surface area contributed by atoms with Gasteiger partial charge in [-0.1, -0.05) is 30.8 Å². The minimum absolute atomic E-state index is 0.0970. The second-order valence-electron chi connectivity index (χ2n) is 5.26. The lowest BCUT2D eigenvalue weighted by Gasteiger charge is -2.15. The molecule has 0 aliphatic heterocycles. The van der Waals surface area contributed by atoms with Gasteiger partial charge in [-0.15, -0.1) is 0 Å². The molecule has 1 aliphatic rings. The predicted molar refractivity (Wildman–Crippen MR) is 75.2 cm³/mol. The van der Waals surface area contributed by atoms with Crippen LogP contribution in [-0.2, 0) is 11.3 Å². The summed E-state index contributed by atoms with van der Waals surface area (Å²) in [7, 11) is 0. The molecule has 1 fully saturated rings. The maximum atomic E-state index is 13.5. The minimum atomic E-state index is -0.409. The lowest BCUT2D eigenvalue weighted by molar-refractivity contribution is 0.0308. The first kappa shape index (κ1) is 14.8. The molecule has 0 bridgehead atoms. The average molecular weight is 280 g/mol. The van der Waals surface area contributed by atoms with Crippen molar-refractivity contribution in [3.8, 4) is 0 Å². The van der Waals surface area contributed by atoms with E-state index in [-0.39, 0.29) is 11.9 Å². The van der Waals surface area contributed by atoms with E-state index in [1.807, 2.05) is 0 Å². The molecule has 0 spiro atoms. The Bertz CT molecular complexity index is 469. The number of hydrogen-bond acceptors (Lipinski definition) is 3. The summed E-state index contributed by atoms with van der Waals surface area (Å²) >= 11 is 0. The van der Waals surface area contributed by atoms with Crippen LogP contribution in [-0.4, -0.2) is 17.1 Å². The number of hydrogen-bond donors (Lipinski definition) is 2. The summed E-state index contributed by atoms with van der Waals surface area (Å²) in [5.41, 5.74) is 6.56. The van der Waals surface area contributed by atoms with Crippen molar-refractivity contribution in [2.75, 3.05) is 0 Å². The molecule has 2 rings (SSSR count). The van der Waals surface area contributed by atoms with Gasteiger partial charge >= 0.3 is 0 Å². The Morgan fingerprint density at radius 3 is 2.60 bits per heavy atom. The van der Waals surface area contributed by atoms with E-state index in [1.54, 1.807) is 6.07 Å². The van der Waals surface area contributed by atoms with Gasteiger partial charge in [-0.25, -0.2) is 4.39 Å². The van der Waals surface area contributed by atoms with Crippen molar-refractivity contribution in [1.29, 1.82) is 0 Å². The van der Waals surface area contributed by atoms with Gasteiger partial charge in [0, 0.05) is 5.56 Å². The van der Waals surface area contributed by atoms with Crippen LogP contribution in [0, 0.1) is 5.82 Å². The summed E-state index contributed by atoms with van der Waals surface area (Å²) in [4.78, 5) is 0. The summed E-state index contributed by atoms with van der Waals surface area (Å²) in [6, 6.07) is 4.35. The Balaban J connectivity index is 1.99. The highest BCUT2D eigenvalue weighted by Gasteiger charge is 2.13. The molecule has 1 saturated carbocycles. The quantitative estimate of drug-likeness (QED) is 0.293. The summed E-state index contributed by atoms with van der Waals surface area (Å²) in [6.45, 7) is 0.355. The van der Waals surface area contributed by atoms with Gasteiger partial charge in [-0.05, 0) is 36.6 Å². The molecule has 5 heteroatoms. The van der Waals surface area contributed by atoms with E-state index in [9.17, 15) is 4.39 Å². The molecule has 0 atom stereocenters. The van der Waals surface area contributed by atoms with E-state index in [0.29, 0.717) is 17.7 Å². The van der Waals surface area contributed by atoms with Gasteiger partial charge in [0.2, 0.25) is 0 Å². The smallest absolute Gasteiger partial charge is 0.170 e. The second-order valence-corrected chi connectivity index (χ2v) is 5.26. The van der Waals surface area contributed by atoms with Gasteiger partial charge in [0.05, 0.1) is 12.7 Å². The minimum Gasteiger partial charge on any atom is -0.409 e. The first-order valence-electron chi connectivity index (χ1n) is 7.08. The fraction of sp³-hybridized carbons (Fsp3) is 0.533. The molecule has 1 aromatic rings. The highest BCUT2D eigenvalue weighted by Crippen LogP contribution is 2.21. The molecule has 4 nitrogen and oxygen atoms in total. The molecule has 1 aromatic carbocycles. The standard InChI is InChI=1S/C15H21FN2O2/c16-13-8-11(7-12(9-13)15(17)18-19)10-20-14-5-3-1-2-4-6-14/h7-9,14,19H,1-6,10H2,(H2,17,18). The van der Waals surface area contributed by atoms with Crippen molar-refractivity contribution in [2.45, 2.75) is 51.2 Å². The molecule has 3 N–H and O–H groups in total. The molecule has 0 heterocycles. The predicted octanol–water partition coefficient (Wildman–Crippen LogP) is 3.16. The summed E-state index contributed by atoms with van der Waals surface area (Å²) in [6.07, 6.45) is 7.34. The maximum Gasteiger partial charge on any atom is 0.170 e. The third-order valence-electron chi connectivity index (χ3n) is 3.65. The van der Waals surface area contributed by atoms with Gasteiger partial charge in [-0.2, -0.15) is 0 Å². The van der Waals surface area contributed by atoms with Gasteiger partial charge in [0.15, 0.2) is 5.84 Å². The summed E-state index contributed by atoms with van der Waals surface area (Å²) in [5.74, 6) is -0.506. The van der Waals surface area contributed by atoms with Crippen LogP contribution >= 0.6 is 0 Å². The fourth-order valence-corrected chi connectivity index (χ4v) is 2.56. The van der Waals surface area contributed by atoms with Crippen LogP contribution in [0.2, 0.25) is 0 Å². The summed E-state index contributed by atoms with van der Waals surface area (Å²) in [5, 5.41) is 11.5. The summed E-state index contributed by atoms with van der Waals surface area (Å²) < 4.78 is 19.4. The lowest BCUT2D eigenvalue weighted by Crippen LogP contribution is -2.15. The van der Waals surface area contributed by atoms with Crippen LogP contribution < -0.4 is 5.73 Å². The highest BCUT2D eigenvalue weighted by molar-refractivity contribution is 5.97. The monoisotopic (exact) mass is 280 g/mol. The zero-order valence-electron chi connectivity index (χ0n) is 11.5. The van der Waals surface area contributed by atoms with E-state index in [2.05, 4.69) is 5.16 Å². The van der Waals surface area contributed by atoms with Crippen LogP contribution in [0.4, 0.5) is 4.39 Å². The molecule has 0 amide bonds. The molecule has 0 unspecified atom stereocenters. The molecule has 110 valence electrons. The van der Waals surface area contributed by atoms with Crippen molar-refractivity contribution < 1.29 is 14.3 Å². The third-order valence-corrected chi connectivity index (χ3v) is 3.65. The first-order chi connectivity index (χ1) is 9.69. The van der Waals surface area contributed by atoms with Gasteiger partial charge in [-0.3, -0.25) is 0 Å². The molecular formula is C15H21FN2O2. The second kappa shape index (κ2) is 7.24. The molecule has 20 heavy (non-hydrogen) atoms. The normalized spacial score (nSPS) is 17.9. The third kappa shape index (κ3) is 4.20. The van der Waals surface area contributed by atoms with E-state index < -0.39 is 5.82 Å². The Morgan fingerprint density at radius 2 is 1.95 bits per heavy atom. The fourth-order valence-electron chi connectivity index (χ4n) is 2.56. The first-order valence-corrected chi connectivity index (χ1v) is 7.08. The zero-order valence-corrected chi connectivity index (χ0v) is 11.5. The van der Waals surface area contributed by atoms with E-state index in [4.69, 9.17) is 15.7 Å². The molecule has 0 radical (unpaired) electrons.